The summed E-state index contributed by atoms with van der Waals surface area (Å²) in [7, 11) is 0. The molecule has 2 aromatic heterocycles. The first-order chi connectivity index (χ1) is 10.3. The van der Waals surface area contributed by atoms with E-state index in [4.69, 9.17) is 4.42 Å². The smallest absolute Gasteiger partial charge is 0.230 e. The molecule has 2 aromatic rings. The lowest BCUT2D eigenvalue weighted by atomic mass is 10.1. The van der Waals surface area contributed by atoms with Crippen LogP contribution >= 0.6 is 11.8 Å². The fraction of sp³-hybridized carbons (Fsp3) is 0.500. The molecule has 6 nitrogen and oxygen atoms in total. The zero-order valence-corrected chi connectivity index (χ0v) is 12.5. The molecule has 2 N–H and O–H groups in total. The Hall–Kier alpha value is -1.76. The Morgan fingerprint density at radius 2 is 2.33 bits per heavy atom. The van der Waals surface area contributed by atoms with Gasteiger partial charge in [0.2, 0.25) is 11.1 Å². The summed E-state index contributed by atoms with van der Waals surface area (Å²) in [6.45, 7) is 0.410. The minimum Gasteiger partial charge on any atom is -0.467 e. The van der Waals surface area contributed by atoms with Gasteiger partial charge >= 0.3 is 0 Å². The maximum Gasteiger partial charge on any atom is 0.230 e. The van der Waals surface area contributed by atoms with Crippen LogP contribution in [0.2, 0.25) is 0 Å². The van der Waals surface area contributed by atoms with Crippen LogP contribution in [0.5, 0.6) is 0 Å². The number of amides is 1. The number of aromatic amines is 1. The zero-order chi connectivity index (χ0) is 14.5. The molecular formula is C14H18N4O2S. The van der Waals surface area contributed by atoms with Gasteiger partial charge in [0.05, 0.1) is 18.6 Å². The summed E-state index contributed by atoms with van der Waals surface area (Å²) in [6.07, 6.45) is 6.49. The molecule has 2 heterocycles. The molecule has 0 atom stereocenters. The topological polar surface area (TPSA) is 83.8 Å². The van der Waals surface area contributed by atoms with Crippen LogP contribution in [0.4, 0.5) is 0 Å². The maximum atomic E-state index is 11.7. The van der Waals surface area contributed by atoms with Gasteiger partial charge in [-0.2, -0.15) is 0 Å². The first-order valence-corrected chi connectivity index (χ1v) is 8.14. The molecule has 0 aliphatic heterocycles. The summed E-state index contributed by atoms with van der Waals surface area (Å²) in [5.41, 5.74) is 0. The number of aromatic nitrogens is 3. The van der Waals surface area contributed by atoms with Crippen molar-refractivity contribution < 1.29 is 9.21 Å². The van der Waals surface area contributed by atoms with Crippen molar-refractivity contribution in [1.29, 1.82) is 0 Å². The highest BCUT2D eigenvalue weighted by Gasteiger charge is 2.20. The number of carbonyl (C=O) groups excluding carboxylic acids is 1. The van der Waals surface area contributed by atoms with Crippen LogP contribution in [-0.4, -0.2) is 26.8 Å². The van der Waals surface area contributed by atoms with Crippen LogP contribution in [0.15, 0.2) is 28.0 Å². The number of nitrogens with one attached hydrogen (secondary N) is 2. The Bertz CT molecular complexity index is 576. The van der Waals surface area contributed by atoms with E-state index in [1.54, 1.807) is 12.3 Å². The van der Waals surface area contributed by atoms with Crippen molar-refractivity contribution in [3.63, 3.8) is 0 Å². The van der Waals surface area contributed by atoms with Gasteiger partial charge in [-0.25, -0.2) is 4.98 Å². The molecule has 1 amide bonds. The van der Waals surface area contributed by atoms with E-state index in [1.165, 1.54) is 37.4 Å². The third-order valence-corrected chi connectivity index (χ3v) is 4.44. The second kappa shape index (κ2) is 6.80. The second-order valence-corrected chi connectivity index (χ2v) is 6.07. The van der Waals surface area contributed by atoms with Crippen molar-refractivity contribution in [2.75, 3.05) is 5.75 Å². The van der Waals surface area contributed by atoms with Gasteiger partial charge in [0.15, 0.2) is 0 Å². The lowest BCUT2D eigenvalue weighted by molar-refractivity contribution is -0.118. The molecule has 0 radical (unpaired) electrons. The Morgan fingerprint density at radius 1 is 1.48 bits per heavy atom. The molecule has 112 valence electrons. The van der Waals surface area contributed by atoms with Gasteiger partial charge in [-0.15, -0.1) is 5.10 Å². The number of H-pyrrole nitrogens is 1. The van der Waals surface area contributed by atoms with E-state index < -0.39 is 0 Å². The minimum absolute atomic E-state index is 0.0522. The molecule has 0 spiro atoms. The quantitative estimate of drug-likeness (QED) is 0.801. The van der Waals surface area contributed by atoms with Crippen molar-refractivity contribution in [3.05, 3.63) is 30.0 Å². The standard InChI is InChI=1S/C14H18N4O2S/c19-12(15-8-11-6-3-7-20-11)9-21-14-16-13(17-18-14)10-4-1-2-5-10/h3,6-7,10H,1-2,4-5,8-9H2,(H,15,19)(H,16,17,18). The summed E-state index contributed by atoms with van der Waals surface area (Å²) in [5.74, 6) is 2.48. The molecule has 21 heavy (non-hydrogen) atoms. The van der Waals surface area contributed by atoms with E-state index in [9.17, 15) is 4.79 Å². The minimum atomic E-state index is -0.0522. The third-order valence-electron chi connectivity index (χ3n) is 3.60. The molecular weight excluding hydrogens is 288 g/mol. The first kappa shape index (κ1) is 14.2. The van der Waals surface area contributed by atoms with Gasteiger partial charge in [0.25, 0.3) is 0 Å². The normalized spacial score (nSPS) is 15.4. The van der Waals surface area contributed by atoms with Gasteiger partial charge in [0, 0.05) is 5.92 Å². The Kier molecular flexibility index (Phi) is 4.59. The number of furan rings is 1. The highest BCUT2D eigenvalue weighted by Crippen LogP contribution is 2.32. The van der Waals surface area contributed by atoms with Crippen LogP contribution in [0.25, 0.3) is 0 Å². The number of thioether (sulfide) groups is 1. The second-order valence-electron chi connectivity index (χ2n) is 5.13. The average molecular weight is 306 g/mol. The van der Waals surface area contributed by atoms with E-state index in [0.717, 1.165) is 11.6 Å². The van der Waals surface area contributed by atoms with Crippen molar-refractivity contribution in [2.24, 2.45) is 0 Å². The molecule has 1 aliphatic carbocycles. The molecule has 0 aromatic carbocycles. The lowest BCUT2D eigenvalue weighted by Crippen LogP contribution is -2.24. The fourth-order valence-electron chi connectivity index (χ4n) is 2.48. The van der Waals surface area contributed by atoms with Gasteiger partial charge in [-0.1, -0.05) is 24.6 Å². The Labute approximate surface area is 127 Å². The fourth-order valence-corrected chi connectivity index (χ4v) is 3.12. The first-order valence-electron chi connectivity index (χ1n) is 7.15. The molecule has 0 saturated heterocycles. The summed E-state index contributed by atoms with van der Waals surface area (Å²) in [5, 5.41) is 10.6. The molecule has 1 aliphatic rings. The van der Waals surface area contributed by atoms with Gasteiger partial charge in [-0.3, -0.25) is 9.89 Å². The maximum absolute atomic E-state index is 11.7. The SMILES string of the molecule is O=C(CSc1n[nH]c(C2CCCC2)n1)NCc1ccco1. The Morgan fingerprint density at radius 3 is 3.10 bits per heavy atom. The monoisotopic (exact) mass is 306 g/mol. The van der Waals surface area contributed by atoms with Crippen molar-refractivity contribution in [2.45, 2.75) is 43.3 Å². The molecule has 0 bridgehead atoms. The summed E-state index contributed by atoms with van der Waals surface area (Å²) in [6, 6.07) is 3.63. The van der Waals surface area contributed by atoms with E-state index in [0.29, 0.717) is 23.4 Å². The average Bonchev–Trinajstić information content (AvgIpc) is 3.24. The molecule has 0 unspecified atom stereocenters. The molecule has 1 fully saturated rings. The number of carbonyl (C=O) groups is 1. The number of nitrogens with zero attached hydrogens (tertiary/aromatic N) is 2. The van der Waals surface area contributed by atoms with Crippen LogP contribution < -0.4 is 5.32 Å². The Balaban J connectivity index is 1.43. The predicted octanol–water partition coefficient (Wildman–Crippen LogP) is 2.46. The molecule has 7 heteroatoms. The molecule has 1 saturated carbocycles. The van der Waals surface area contributed by atoms with Crippen LogP contribution in [-0.2, 0) is 11.3 Å². The van der Waals surface area contributed by atoms with Crippen molar-refractivity contribution in [3.8, 4) is 0 Å². The highest BCUT2D eigenvalue weighted by molar-refractivity contribution is 7.99. The van der Waals surface area contributed by atoms with Crippen LogP contribution in [0, 0.1) is 0 Å². The van der Waals surface area contributed by atoms with Gasteiger partial charge in [-0.05, 0) is 25.0 Å². The highest BCUT2D eigenvalue weighted by atomic mass is 32.2. The number of hydrogen-bond acceptors (Lipinski definition) is 5. The van der Waals surface area contributed by atoms with Crippen LogP contribution in [0.3, 0.4) is 0 Å². The number of rotatable bonds is 6. The summed E-state index contributed by atoms with van der Waals surface area (Å²) < 4.78 is 5.16. The van der Waals surface area contributed by atoms with E-state index in [-0.39, 0.29) is 5.91 Å². The van der Waals surface area contributed by atoms with Crippen LogP contribution in [0.1, 0.15) is 43.2 Å². The summed E-state index contributed by atoms with van der Waals surface area (Å²) >= 11 is 1.35. The number of hydrogen-bond donors (Lipinski definition) is 2. The summed E-state index contributed by atoms with van der Waals surface area (Å²) in [4.78, 5) is 16.2. The largest absolute Gasteiger partial charge is 0.467 e. The predicted molar refractivity (Wildman–Crippen MR) is 78.9 cm³/mol. The third kappa shape index (κ3) is 3.87. The van der Waals surface area contributed by atoms with E-state index in [1.807, 2.05) is 6.07 Å². The molecule has 3 rings (SSSR count). The van der Waals surface area contributed by atoms with E-state index in [2.05, 4.69) is 20.5 Å². The van der Waals surface area contributed by atoms with Crippen molar-refractivity contribution >= 4 is 17.7 Å². The van der Waals surface area contributed by atoms with E-state index >= 15 is 0 Å². The zero-order valence-electron chi connectivity index (χ0n) is 11.7. The van der Waals surface area contributed by atoms with Gasteiger partial charge in [0.1, 0.15) is 11.6 Å². The van der Waals surface area contributed by atoms with Crippen molar-refractivity contribution in [1.82, 2.24) is 20.5 Å². The lowest BCUT2D eigenvalue weighted by Gasteiger charge is -2.02. The van der Waals surface area contributed by atoms with Gasteiger partial charge < -0.3 is 9.73 Å².